The van der Waals surface area contributed by atoms with Gasteiger partial charge in [-0.15, -0.1) is 11.8 Å². The van der Waals surface area contributed by atoms with Crippen LogP contribution in [-0.2, 0) is 5.75 Å². The van der Waals surface area contributed by atoms with Crippen LogP contribution >= 0.6 is 24.0 Å². The maximum atomic E-state index is 6.06. The summed E-state index contributed by atoms with van der Waals surface area (Å²) in [7, 11) is 1.90. The lowest BCUT2D eigenvalue weighted by molar-refractivity contribution is 0.285. The maximum absolute atomic E-state index is 6.06. The third-order valence-corrected chi connectivity index (χ3v) is 4.32. The van der Waals surface area contributed by atoms with Crippen LogP contribution in [-0.4, -0.2) is 22.5 Å². The first-order valence-corrected chi connectivity index (χ1v) is 8.00. The molecular weight excluding hydrogens is 290 g/mol. The molecule has 2 aromatic rings. The number of thioether (sulfide) groups is 1. The summed E-state index contributed by atoms with van der Waals surface area (Å²) in [5, 5.41) is 3.14. The number of aromatic nitrogens is 2. The fourth-order valence-electron chi connectivity index (χ4n) is 1.78. The van der Waals surface area contributed by atoms with Crippen LogP contribution in [0.2, 0.25) is 0 Å². The van der Waals surface area contributed by atoms with E-state index in [9.17, 15) is 0 Å². The van der Waals surface area contributed by atoms with Gasteiger partial charge in [0.15, 0.2) is 4.77 Å². The van der Waals surface area contributed by atoms with Crippen LogP contribution in [0.3, 0.4) is 0 Å². The number of anilines is 1. The molecule has 0 saturated heterocycles. The molecule has 0 amide bonds. The van der Waals surface area contributed by atoms with Gasteiger partial charge in [-0.25, -0.2) is 0 Å². The number of rotatable bonds is 7. The second-order valence-electron chi connectivity index (χ2n) is 4.28. The number of benzene rings is 1. The molecule has 2 rings (SSSR count). The van der Waals surface area contributed by atoms with E-state index in [0.717, 1.165) is 29.3 Å². The average molecular weight is 309 g/mol. The Labute approximate surface area is 128 Å². The summed E-state index contributed by atoms with van der Waals surface area (Å²) in [4.78, 5) is 6.09. The molecule has 108 valence electrons. The molecule has 1 unspecified atom stereocenters. The second kappa shape index (κ2) is 7.40. The van der Waals surface area contributed by atoms with Crippen LogP contribution in [0.1, 0.15) is 19.0 Å². The lowest BCUT2D eigenvalue weighted by Gasteiger charge is -2.18. The molecule has 1 heterocycles. The minimum atomic E-state index is 0.112. The van der Waals surface area contributed by atoms with Crippen molar-refractivity contribution in [3.8, 4) is 5.75 Å². The van der Waals surface area contributed by atoms with Gasteiger partial charge in [-0.3, -0.25) is 0 Å². The number of hydrogen-bond acceptors (Lipinski definition) is 4. The summed E-state index contributed by atoms with van der Waals surface area (Å²) >= 11 is 6.77. The van der Waals surface area contributed by atoms with Crippen LogP contribution in [0.25, 0.3) is 0 Å². The Morgan fingerprint density at radius 3 is 2.85 bits per heavy atom. The van der Waals surface area contributed by atoms with Gasteiger partial charge in [0, 0.05) is 24.7 Å². The highest BCUT2D eigenvalue weighted by atomic mass is 32.2. The Bertz CT molecular complexity index is 594. The summed E-state index contributed by atoms with van der Waals surface area (Å²) in [6.07, 6.45) is 2.84. The zero-order valence-electron chi connectivity index (χ0n) is 11.6. The Morgan fingerprint density at radius 1 is 1.40 bits per heavy atom. The summed E-state index contributed by atoms with van der Waals surface area (Å²) in [5.74, 6) is 1.73. The van der Waals surface area contributed by atoms with Crippen molar-refractivity contribution in [3.05, 3.63) is 40.9 Å². The smallest absolute Gasteiger partial charge is 0.174 e. The lowest BCUT2D eigenvalue weighted by Crippen LogP contribution is -2.12. The summed E-state index contributed by atoms with van der Waals surface area (Å²) < 4.78 is 6.73. The molecule has 1 aromatic carbocycles. The van der Waals surface area contributed by atoms with Gasteiger partial charge in [0.2, 0.25) is 0 Å². The van der Waals surface area contributed by atoms with Gasteiger partial charge in [0.1, 0.15) is 11.2 Å². The van der Waals surface area contributed by atoms with Crippen molar-refractivity contribution in [1.29, 1.82) is 0 Å². The van der Waals surface area contributed by atoms with E-state index < -0.39 is 0 Å². The molecule has 0 aliphatic heterocycles. The van der Waals surface area contributed by atoms with E-state index >= 15 is 0 Å². The normalized spacial score (nSPS) is 12.1. The Kier molecular flexibility index (Phi) is 5.55. The van der Waals surface area contributed by atoms with Gasteiger partial charge in [-0.1, -0.05) is 19.1 Å². The van der Waals surface area contributed by atoms with E-state index in [1.807, 2.05) is 37.5 Å². The lowest BCUT2D eigenvalue weighted by atomic mass is 10.3. The van der Waals surface area contributed by atoms with Gasteiger partial charge < -0.3 is 20.0 Å². The van der Waals surface area contributed by atoms with E-state index in [-0.39, 0.29) is 5.44 Å². The molecule has 3 N–H and O–H groups in total. The first kappa shape index (κ1) is 15.0. The summed E-state index contributed by atoms with van der Waals surface area (Å²) in [5.41, 5.74) is 2.21. The molecule has 0 radical (unpaired) electrons. The zero-order chi connectivity index (χ0) is 14.4. The monoisotopic (exact) mass is 309 g/mol. The minimum Gasteiger partial charge on any atom is -0.478 e. The molecule has 20 heavy (non-hydrogen) atoms. The van der Waals surface area contributed by atoms with Crippen LogP contribution in [0.4, 0.5) is 5.69 Å². The van der Waals surface area contributed by atoms with Crippen molar-refractivity contribution in [3.63, 3.8) is 0 Å². The van der Waals surface area contributed by atoms with Crippen molar-refractivity contribution in [2.24, 2.45) is 0 Å². The quantitative estimate of drug-likeness (QED) is 0.531. The van der Waals surface area contributed by atoms with Crippen molar-refractivity contribution < 1.29 is 4.74 Å². The van der Waals surface area contributed by atoms with Crippen LogP contribution in [0.15, 0.2) is 30.5 Å². The van der Waals surface area contributed by atoms with Gasteiger partial charge in [0.05, 0.1) is 5.69 Å². The number of ether oxygens (including phenoxy) is 1. The maximum Gasteiger partial charge on any atom is 0.174 e. The van der Waals surface area contributed by atoms with Crippen molar-refractivity contribution in [2.75, 3.05) is 12.4 Å². The Balaban J connectivity index is 1.96. The van der Waals surface area contributed by atoms with Gasteiger partial charge in [-0.2, -0.15) is 0 Å². The number of imidazole rings is 1. The minimum absolute atomic E-state index is 0.112. The topological polar surface area (TPSA) is 52.8 Å². The van der Waals surface area contributed by atoms with E-state index in [4.69, 9.17) is 17.0 Å². The predicted octanol–water partition coefficient (Wildman–Crippen LogP) is 4.16. The zero-order valence-corrected chi connectivity index (χ0v) is 13.2. The van der Waals surface area contributed by atoms with Crippen LogP contribution in [0.5, 0.6) is 5.75 Å². The number of nitrogens with one attached hydrogen (secondary N) is 3. The van der Waals surface area contributed by atoms with E-state index in [1.165, 1.54) is 0 Å². The number of para-hydroxylation sites is 2. The molecule has 6 heteroatoms. The predicted molar refractivity (Wildman–Crippen MR) is 88.0 cm³/mol. The fourth-order valence-corrected chi connectivity index (χ4v) is 2.90. The molecule has 0 aliphatic carbocycles. The summed E-state index contributed by atoms with van der Waals surface area (Å²) in [6, 6.07) is 7.97. The molecule has 0 aliphatic rings. The third-order valence-electron chi connectivity index (χ3n) is 2.82. The van der Waals surface area contributed by atoms with E-state index in [2.05, 4.69) is 22.2 Å². The Hall–Kier alpha value is -1.40. The first-order chi connectivity index (χ1) is 9.72. The van der Waals surface area contributed by atoms with Gasteiger partial charge in [0.25, 0.3) is 0 Å². The summed E-state index contributed by atoms with van der Waals surface area (Å²) in [6.45, 7) is 2.12. The molecular formula is C14H19N3OS2. The SMILES string of the molecule is CCC(Oc1ccccc1NC)SCc1c[nH]c(=S)[nH]1. The molecule has 0 fully saturated rings. The largest absolute Gasteiger partial charge is 0.478 e. The first-order valence-electron chi connectivity index (χ1n) is 6.54. The van der Waals surface area contributed by atoms with Crippen molar-refractivity contribution in [1.82, 2.24) is 9.97 Å². The van der Waals surface area contributed by atoms with E-state index in [0.29, 0.717) is 4.77 Å². The van der Waals surface area contributed by atoms with Crippen molar-refractivity contribution >= 4 is 29.7 Å². The van der Waals surface area contributed by atoms with Crippen molar-refractivity contribution in [2.45, 2.75) is 24.5 Å². The number of H-pyrrole nitrogens is 2. The molecule has 0 saturated carbocycles. The van der Waals surface area contributed by atoms with Crippen LogP contribution in [0, 0.1) is 4.77 Å². The highest BCUT2D eigenvalue weighted by Crippen LogP contribution is 2.29. The van der Waals surface area contributed by atoms with Gasteiger partial charge >= 0.3 is 0 Å². The highest BCUT2D eigenvalue weighted by Gasteiger charge is 2.11. The van der Waals surface area contributed by atoms with E-state index in [1.54, 1.807) is 11.8 Å². The molecule has 4 nitrogen and oxygen atoms in total. The third kappa shape index (κ3) is 4.05. The fraction of sp³-hybridized carbons (Fsp3) is 0.357. The molecule has 1 atom stereocenters. The highest BCUT2D eigenvalue weighted by molar-refractivity contribution is 7.99. The second-order valence-corrected chi connectivity index (χ2v) is 5.84. The number of hydrogen-bond donors (Lipinski definition) is 3. The molecule has 1 aromatic heterocycles. The average Bonchev–Trinajstić information content (AvgIpc) is 2.89. The van der Waals surface area contributed by atoms with Crippen LogP contribution < -0.4 is 10.1 Å². The Morgan fingerprint density at radius 2 is 2.20 bits per heavy atom. The number of aromatic amines is 2. The molecule has 0 spiro atoms. The standard InChI is InChI=1S/C14H19N3OS2/c1-3-13(20-9-10-8-16-14(19)17-10)18-12-7-5-4-6-11(12)15-2/h4-8,13,15H,3,9H2,1-2H3,(H2,16,17,19). The van der Waals surface area contributed by atoms with Gasteiger partial charge in [-0.05, 0) is 30.8 Å². The molecule has 0 bridgehead atoms.